The third-order valence-electron chi connectivity index (χ3n) is 4.31. The van der Waals surface area contributed by atoms with Gasteiger partial charge in [-0.2, -0.15) is 0 Å². The van der Waals surface area contributed by atoms with Crippen LogP contribution in [0, 0.1) is 5.82 Å². The molecule has 0 aliphatic carbocycles. The van der Waals surface area contributed by atoms with Gasteiger partial charge >= 0.3 is 0 Å². The van der Waals surface area contributed by atoms with Crippen molar-refractivity contribution in [1.82, 2.24) is 15.5 Å². The predicted octanol–water partition coefficient (Wildman–Crippen LogP) is 3.27. The van der Waals surface area contributed by atoms with Gasteiger partial charge < -0.3 is 20.3 Å². The van der Waals surface area contributed by atoms with E-state index in [0.717, 1.165) is 45.0 Å². The minimum atomic E-state index is -0.250. The molecule has 1 aromatic carbocycles. The lowest BCUT2D eigenvalue weighted by molar-refractivity contribution is 0.292. The van der Waals surface area contributed by atoms with Gasteiger partial charge in [0.25, 0.3) is 0 Å². The second-order valence-electron chi connectivity index (χ2n) is 6.37. The molecule has 1 unspecified atom stereocenters. The second-order valence-corrected chi connectivity index (χ2v) is 6.37. The van der Waals surface area contributed by atoms with Gasteiger partial charge in [-0.3, -0.25) is 4.99 Å². The smallest absolute Gasteiger partial charge is 0.191 e. The Hall–Kier alpha value is -1.82. The molecular formula is C20H35FN4O. The van der Waals surface area contributed by atoms with Gasteiger partial charge in [-0.1, -0.05) is 13.8 Å². The van der Waals surface area contributed by atoms with Crippen LogP contribution in [0.4, 0.5) is 4.39 Å². The van der Waals surface area contributed by atoms with Gasteiger partial charge in [-0.25, -0.2) is 4.39 Å². The lowest BCUT2D eigenvalue weighted by Crippen LogP contribution is -2.43. The topological polar surface area (TPSA) is 48.9 Å². The molecule has 0 aliphatic heterocycles. The summed E-state index contributed by atoms with van der Waals surface area (Å²) in [6.45, 7) is 11.3. The highest BCUT2D eigenvalue weighted by Gasteiger charge is 2.06. The Kier molecular flexibility index (Phi) is 11.4. The summed E-state index contributed by atoms with van der Waals surface area (Å²) in [6, 6.07) is 6.47. The number of ether oxygens (including phenoxy) is 1. The molecule has 0 amide bonds. The molecule has 0 saturated heterocycles. The first-order chi connectivity index (χ1) is 12.6. The van der Waals surface area contributed by atoms with Crippen LogP contribution in [0.1, 0.15) is 40.0 Å². The molecule has 0 aromatic heterocycles. The van der Waals surface area contributed by atoms with Gasteiger partial charge in [-0.15, -0.1) is 0 Å². The van der Waals surface area contributed by atoms with E-state index in [1.807, 2.05) is 0 Å². The van der Waals surface area contributed by atoms with Gasteiger partial charge in [0.2, 0.25) is 0 Å². The Morgan fingerprint density at radius 3 is 2.50 bits per heavy atom. The van der Waals surface area contributed by atoms with Crippen molar-refractivity contribution >= 4 is 5.96 Å². The minimum absolute atomic E-state index is 0.250. The number of guanidine groups is 1. The summed E-state index contributed by atoms with van der Waals surface area (Å²) >= 11 is 0. The Morgan fingerprint density at radius 2 is 1.88 bits per heavy atom. The van der Waals surface area contributed by atoms with Crippen molar-refractivity contribution in [2.45, 2.75) is 46.1 Å². The van der Waals surface area contributed by atoms with E-state index < -0.39 is 0 Å². The maximum atomic E-state index is 12.8. The van der Waals surface area contributed by atoms with Crippen molar-refractivity contribution in [3.8, 4) is 5.75 Å². The predicted molar refractivity (Wildman–Crippen MR) is 107 cm³/mol. The zero-order chi connectivity index (χ0) is 19.2. The third-order valence-corrected chi connectivity index (χ3v) is 4.31. The molecule has 0 saturated carbocycles. The van der Waals surface area contributed by atoms with E-state index in [1.165, 1.54) is 18.6 Å². The molecule has 6 heteroatoms. The largest absolute Gasteiger partial charge is 0.494 e. The van der Waals surface area contributed by atoms with Gasteiger partial charge in [0.05, 0.1) is 6.61 Å². The molecular weight excluding hydrogens is 331 g/mol. The Bertz CT molecular complexity index is 503. The molecule has 5 nitrogen and oxygen atoms in total. The van der Waals surface area contributed by atoms with Crippen LogP contribution in [0.25, 0.3) is 0 Å². The molecule has 1 atom stereocenters. The van der Waals surface area contributed by atoms with E-state index >= 15 is 0 Å². The summed E-state index contributed by atoms with van der Waals surface area (Å²) in [4.78, 5) is 6.72. The van der Waals surface area contributed by atoms with Crippen LogP contribution in [0.5, 0.6) is 5.75 Å². The summed E-state index contributed by atoms with van der Waals surface area (Å²) in [5, 5.41) is 6.73. The van der Waals surface area contributed by atoms with Crippen LogP contribution < -0.4 is 15.4 Å². The molecule has 1 aromatic rings. The Balaban J connectivity index is 2.14. The number of rotatable bonds is 12. The molecule has 2 N–H and O–H groups in total. The monoisotopic (exact) mass is 366 g/mol. The fraction of sp³-hybridized carbons (Fsp3) is 0.650. The molecule has 1 rings (SSSR count). The fourth-order valence-electron chi connectivity index (χ4n) is 2.66. The van der Waals surface area contributed by atoms with Crippen molar-refractivity contribution in [2.24, 2.45) is 4.99 Å². The lowest BCUT2D eigenvalue weighted by Gasteiger charge is -2.21. The number of benzene rings is 1. The van der Waals surface area contributed by atoms with E-state index in [9.17, 15) is 4.39 Å². The molecule has 0 aliphatic rings. The molecule has 0 heterocycles. The van der Waals surface area contributed by atoms with Crippen molar-refractivity contribution in [1.29, 1.82) is 0 Å². The average molecular weight is 367 g/mol. The zero-order valence-electron chi connectivity index (χ0n) is 16.7. The van der Waals surface area contributed by atoms with Crippen LogP contribution >= 0.6 is 0 Å². The number of hydrogen-bond acceptors (Lipinski definition) is 3. The first-order valence-electron chi connectivity index (χ1n) is 9.66. The number of nitrogens with zero attached hydrogens (tertiary/aromatic N) is 2. The first-order valence-corrected chi connectivity index (χ1v) is 9.66. The Morgan fingerprint density at radius 1 is 1.19 bits per heavy atom. The average Bonchev–Trinajstić information content (AvgIpc) is 2.65. The van der Waals surface area contributed by atoms with Gasteiger partial charge in [0, 0.05) is 19.6 Å². The number of aliphatic imine (C=N–C) groups is 1. The maximum Gasteiger partial charge on any atom is 0.191 e. The Labute approximate surface area is 158 Å². The summed E-state index contributed by atoms with van der Waals surface area (Å²) in [7, 11) is 1.78. The van der Waals surface area contributed by atoms with Crippen molar-refractivity contribution < 1.29 is 9.13 Å². The van der Waals surface area contributed by atoms with E-state index in [4.69, 9.17) is 4.74 Å². The molecule has 0 radical (unpaired) electrons. The van der Waals surface area contributed by atoms with E-state index in [-0.39, 0.29) is 5.82 Å². The van der Waals surface area contributed by atoms with Crippen molar-refractivity contribution in [3.63, 3.8) is 0 Å². The quantitative estimate of drug-likeness (QED) is 0.339. The zero-order valence-corrected chi connectivity index (χ0v) is 16.7. The number of halogens is 1. The van der Waals surface area contributed by atoms with E-state index in [1.54, 1.807) is 19.2 Å². The molecule has 0 bridgehead atoms. The van der Waals surface area contributed by atoms with Crippen molar-refractivity contribution in [3.05, 3.63) is 30.1 Å². The van der Waals surface area contributed by atoms with Gasteiger partial charge in [0.15, 0.2) is 5.96 Å². The van der Waals surface area contributed by atoms with Gasteiger partial charge in [-0.05, 0) is 70.1 Å². The SMILES string of the molecule is CCN(CC)CCCC(C)NC(=NC)NCCCOc1ccc(F)cc1. The van der Waals surface area contributed by atoms with Crippen LogP contribution in [-0.2, 0) is 0 Å². The minimum Gasteiger partial charge on any atom is -0.494 e. The summed E-state index contributed by atoms with van der Waals surface area (Å²) in [6.07, 6.45) is 3.14. The maximum absolute atomic E-state index is 12.8. The van der Waals surface area contributed by atoms with Crippen LogP contribution in [0.2, 0.25) is 0 Å². The molecule has 26 heavy (non-hydrogen) atoms. The van der Waals surface area contributed by atoms with Crippen LogP contribution in [0.15, 0.2) is 29.3 Å². The molecule has 0 spiro atoms. The molecule has 0 fully saturated rings. The lowest BCUT2D eigenvalue weighted by atomic mass is 10.2. The van der Waals surface area contributed by atoms with Crippen LogP contribution in [0.3, 0.4) is 0 Å². The number of nitrogens with one attached hydrogen (secondary N) is 2. The highest BCUT2D eigenvalue weighted by atomic mass is 19.1. The first kappa shape index (κ1) is 22.2. The summed E-state index contributed by atoms with van der Waals surface area (Å²) < 4.78 is 18.4. The summed E-state index contributed by atoms with van der Waals surface area (Å²) in [5.74, 6) is 1.26. The van der Waals surface area contributed by atoms with Gasteiger partial charge in [0.1, 0.15) is 11.6 Å². The summed E-state index contributed by atoms with van der Waals surface area (Å²) in [5.41, 5.74) is 0. The third kappa shape index (κ3) is 9.61. The highest BCUT2D eigenvalue weighted by molar-refractivity contribution is 5.79. The van der Waals surface area contributed by atoms with Crippen molar-refractivity contribution in [2.75, 3.05) is 39.8 Å². The fourth-order valence-corrected chi connectivity index (χ4v) is 2.66. The number of hydrogen-bond donors (Lipinski definition) is 2. The normalized spacial score (nSPS) is 12.9. The second kappa shape index (κ2) is 13.4. The van der Waals surface area contributed by atoms with E-state index in [2.05, 4.69) is 41.3 Å². The van der Waals surface area contributed by atoms with E-state index in [0.29, 0.717) is 18.4 Å². The highest BCUT2D eigenvalue weighted by Crippen LogP contribution is 2.10. The standard InChI is InChI=1S/C20H35FN4O/c1-5-25(6-2)15-7-9-17(3)24-20(22-4)23-14-8-16-26-19-12-10-18(21)11-13-19/h10-13,17H,5-9,14-16H2,1-4H3,(H2,22,23,24). The van der Waals surface area contributed by atoms with Crippen LogP contribution in [-0.4, -0.2) is 56.7 Å². The molecule has 148 valence electrons.